The molecular formula is C16H17NO. The molecule has 2 nitrogen and oxygen atoms in total. The second-order valence-electron chi connectivity index (χ2n) is 4.27. The predicted octanol–water partition coefficient (Wildman–Crippen LogP) is 3.66. The lowest BCUT2D eigenvalue weighted by molar-refractivity contribution is 0.103. The Morgan fingerprint density at radius 2 is 1.83 bits per heavy atom. The molecule has 0 radical (unpaired) electrons. The molecule has 0 unspecified atom stereocenters. The molecule has 0 spiro atoms. The highest BCUT2D eigenvalue weighted by Gasteiger charge is 2.13. The van der Waals surface area contributed by atoms with Gasteiger partial charge in [0.25, 0.3) is 0 Å². The number of benzene rings is 2. The summed E-state index contributed by atoms with van der Waals surface area (Å²) in [5.74, 6) is 0.0650. The Morgan fingerprint density at radius 3 is 2.50 bits per heavy atom. The summed E-state index contributed by atoms with van der Waals surface area (Å²) in [6.45, 7) is 4.83. The van der Waals surface area contributed by atoms with Gasteiger partial charge in [0, 0.05) is 23.4 Å². The maximum Gasteiger partial charge on any atom is 0.195 e. The van der Waals surface area contributed by atoms with E-state index in [0.717, 1.165) is 28.9 Å². The molecule has 0 bridgehead atoms. The van der Waals surface area contributed by atoms with Gasteiger partial charge in [-0.3, -0.25) is 4.79 Å². The summed E-state index contributed by atoms with van der Waals surface area (Å²) in [5, 5.41) is 3.23. The fourth-order valence-electron chi connectivity index (χ4n) is 1.94. The highest BCUT2D eigenvalue weighted by Crippen LogP contribution is 2.20. The summed E-state index contributed by atoms with van der Waals surface area (Å²) in [4.78, 5) is 12.5. The average molecular weight is 239 g/mol. The van der Waals surface area contributed by atoms with Crippen LogP contribution in [0, 0.1) is 6.92 Å². The van der Waals surface area contributed by atoms with Crippen molar-refractivity contribution in [3.63, 3.8) is 0 Å². The van der Waals surface area contributed by atoms with Crippen LogP contribution in [0.15, 0.2) is 48.5 Å². The third kappa shape index (κ3) is 2.59. The lowest BCUT2D eigenvalue weighted by Crippen LogP contribution is -2.08. The first-order valence-electron chi connectivity index (χ1n) is 6.16. The topological polar surface area (TPSA) is 29.1 Å². The van der Waals surface area contributed by atoms with Crippen LogP contribution in [0.4, 0.5) is 5.69 Å². The molecule has 0 aliphatic carbocycles. The smallest absolute Gasteiger partial charge is 0.195 e. The van der Waals surface area contributed by atoms with E-state index in [2.05, 4.69) is 5.32 Å². The van der Waals surface area contributed by atoms with Gasteiger partial charge in [0.15, 0.2) is 5.78 Å². The summed E-state index contributed by atoms with van der Waals surface area (Å²) in [6, 6.07) is 15.3. The third-order valence-electron chi connectivity index (χ3n) is 2.82. The second kappa shape index (κ2) is 5.50. The lowest BCUT2D eigenvalue weighted by Gasteiger charge is -2.11. The maximum absolute atomic E-state index is 12.5. The Kier molecular flexibility index (Phi) is 3.78. The van der Waals surface area contributed by atoms with E-state index in [0.29, 0.717) is 0 Å². The van der Waals surface area contributed by atoms with Crippen LogP contribution in [-0.2, 0) is 0 Å². The highest BCUT2D eigenvalue weighted by atomic mass is 16.1. The van der Waals surface area contributed by atoms with Crippen molar-refractivity contribution in [2.45, 2.75) is 13.8 Å². The van der Waals surface area contributed by atoms with Crippen molar-refractivity contribution < 1.29 is 4.79 Å². The number of anilines is 1. The minimum atomic E-state index is 0.0650. The molecule has 0 aliphatic heterocycles. The van der Waals surface area contributed by atoms with E-state index in [1.165, 1.54) is 0 Å². The first-order valence-corrected chi connectivity index (χ1v) is 6.16. The highest BCUT2D eigenvalue weighted by molar-refractivity contribution is 6.12. The third-order valence-corrected chi connectivity index (χ3v) is 2.82. The summed E-state index contributed by atoms with van der Waals surface area (Å²) in [7, 11) is 0. The summed E-state index contributed by atoms with van der Waals surface area (Å²) < 4.78 is 0. The van der Waals surface area contributed by atoms with Crippen LogP contribution in [0.25, 0.3) is 0 Å². The average Bonchev–Trinajstić information content (AvgIpc) is 2.41. The monoisotopic (exact) mass is 239 g/mol. The van der Waals surface area contributed by atoms with E-state index in [9.17, 15) is 4.79 Å². The van der Waals surface area contributed by atoms with Crippen molar-refractivity contribution in [1.82, 2.24) is 0 Å². The number of hydrogen-bond acceptors (Lipinski definition) is 2. The van der Waals surface area contributed by atoms with E-state index in [1.807, 2.05) is 62.4 Å². The van der Waals surface area contributed by atoms with Gasteiger partial charge >= 0.3 is 0 Å². The molecular weight excluding hydrogens is 222 g/mol. The lowest BCUT2D eigenvalue weighted by atomic mass is 10.00. The zero-order chi connectivity index (χ0) is 13.0. The van der Waals surface area contributed by atoms with Crippen molar-refractivity contribution in [2.24, 2.45) is 0 Å². The van der Waals surface area contributed by atoms with Gasteiger partial charge in [-0.15, -0.1) is 0 Å². The van der Waals surface area contributed by atoms with Gasteiger partial charge in [-0.1, -0.05) is 42.0 Å². The normalized spacial score (nSPS) is 10.1. The summed E-state index contributed by atoms with van der Waals surface area (Å²) >= 11 is 0. The van der Waals surface area contributed by atoms with E-state index >= 15 is 0 Å². The number of hydrogen-bond donors (Lipinski definition) is 1. The molecule has 0 saturated heterocycles. The molecule has 0 fully saturated rings. The van der Waals surface area contributed by atoms with Gasteiger partial charge in [0.05, 0.1) is 0 Å². The van der Waals surface area contributed by atoms with Gasteiger partial charge < -0.3 is 5.32 Å². The zero-order valence-corrected chi connectivity index (χ0v) is 10.7. The minimum absolute atomic E-state index is 0.0650. The zero-order valence-electron chi connectivity index (χ0n) is 10.7. The quantitative estimate of drug-likeness (QED) is 0.825. The van der Waals surface area contributed by atoms with Gasteiger partial charge in [0.1, 0.15) is 0 Å². The molecule has 2 rings (SSSR count). The fourth-order valence-corrected chi connectivity index (χ4v) is 1.94. The largest absolute Gasteiger partial charge is 0.385 e. The van der Waals surface area contributed by atoms with E-state index in [4.69, 9.17) is 0 Å². The molecule has 1 N–H and O–H groups in total. The maximum atomic E-state index is 12.5. The number of ketones is 1. The fraction of sp³-hybridized carbons (Fsp3) is 0.188. The van der Waals surface area contributed by atoms with Crippen LogP contribution < -0.4 is 5.32 Å². The van der Waals surface area contributed by atoms with Crippen molar-refractivity contribution in [3.8, 4) is 0 Å². The predicted molar refractivity (Wildman–Crippen MR) is 75.2 cm³/mol. The van der Waals surface area contributed by atoms with Crippen LogP contribution in [0.3, 0.4) is 0 Å². The van der Waals surface area contributed by atoms with Crippen LogP contribution in [-0.4, -0.2) is 12.3 Å². The number of rotatable bonds is 4. The number of nitrogens with one attached hydrogen (secondary N) is 1. The molecule has 2 aromatic carbocycles. The van der Waals surface area contributed by atoms with Crippen LogP contribution in [0.5, 0.6) is 0 Å². The number of carbonyl (C=O) groups excluding carboxylic acids is 1. The molecule has 0 heterocycles. The second-order valence-corrected chi connectivity index (χ2v) is 4.27. The van der Waals surface area contributed by atoms with Crippen molar-refractivity contribution in [2.75, 3.05) is 11.9 Å². The van der Waals surface area contributed by atoms with Crippen LogP contribution in [0.1, 0.15) is 28.4 Å². The van der Waals surface area contributed by atoms with E-state index in [-0.39, 0.29) is 5.78 Å². The molecule has 18 heavy (non-hydrogen) atoms. The molecule has 92 valence electrons. The Hall–Kier alpha value is -2.09. The van der Waals surface area contributed by atoms with Gasteiger partial charge in [-0.25, -0.2) is 0 Å². The minimum Gasteiger partial charge on any atom is -0.385 e. The van der Waals surface area contributed by atoms with Crippen molar-refractivity contribution in [3.05, 3.63) is 65.2 Å². The van der Waals surface area contributed by atoms with Gasteiger partial charge in [-0.2, -0.15) is 0 Å². The van der Waals surface area contributed by atoms with Crippen LogP contribution in [0.2, 0.25) is 0 Å². The number of carbonyl (C=O) groups is 1. The molecule has 0 atom stereocenters. The molecule has 2 heteroatoms. The summed E-state index contributed by atoms with van der Waals surface area (Å²) in [6.07, 6.45) is 0. The SMILES string of the molecule is CCNc1ccc(C)cc1C(=O)c1ccccc1. The van der Waals surface area contributed by atoms with Crippen molar-refractivity contribution in [1.29, 1.82) is 0 Å². The molecule has 0 aliphatic rings. The first-order chi connectivity index (χ1) is 8.72. The van der Waals surface area contributed by atoms with Crippen LogP contribution >= 0.6 is 0 Å². The Morgan fingerprint density at radius 1 is 1.11 bits per heavy atom. The standard InChI is InChI=1S/C16H17NO/c1-3-17-15-10-9-12(2)11-14(15)16(18)13-7-5-4-6-8-13/h4-11,17H,3H2,1-2H3. The first kappa shape index (κ1) is 12.4. The molecule has 2 aromatic rings. The number of aryl methyl sites for hydroxylation is 1. The summed E-state index contributed by atoms with van der Waals surface area (Å²) in [5.41, 5.74) is 3.46. The van der Waals surface area contributed by atoms with Crippen molar-refractivity contribution >= 4 is 11.5 Å². The molecule has 0 aromatic heterocycles. The van der Waals surface area contributed by atoms with E-state index < -0.39 is 0 Å². The molecule has 0 amide bonds. The Balaban J connectivity index is 2.43. The molecule has 0 saturated carbocycles. The Labute approximate surface area is 108 Å². The van der Waals surface area contributed by atoms with Gasteiger partial charge in [-0.05, 0) is 26.0 Å². The van der Waals surface area contributed by atoms with Gasteiger partial charge in [0.2, 0.25) is 0 Å². The van der Waals surface area contributed by atoms with E-state index in [1.54, 1.807) is 0 Å². The Bertz CT molecular complexity index is 546.